The zero-order valence-electron chi connectivity index (χ0n) is 17.2. The standard InChI is InChI=1S/C21H25Cl2N3O4S/c1-30-17-7-5-16(6-8-17)9-10-24-20(27)15-25-11-13-26(14-12-25)31(28,29)21-18(22)3-2-4-19(21)23/h2-8H,9-15H2,1H3,(H,24,27). The van der Waals surface area contributed by atoms with Gasteiger partial charge in [0.25, 0.3) is 0 Å². The Labute approximate surface area is 192 Å². The Bertz CT molecular complexity index is 988. The predicted molar refractivity (Wildman–Crippen MR) is 121 cm³/mol. The van der Waals surface area contributed by atoms with Crippen molar-refractivity contribution in [2.24, 2.45) is 0 Å². The number of carbonyl (C=O) groups excluding carboxylic acids is 1. The number of nitrogens with zero attached hydrogens (tertiary/aromatic N) is 2. The fourth-order valence-electron chi connectivity index (χ4n) is 3.38. The van der Waals surface area contributed by atoms with E-state index < -0.39 is 10.0 Å². The van der Waals surface area contributed by atoms with Crippen molar-refractivity contribution in [3.05, 3.63) is 58.1 Å². The van der Waals surface area contributed by atoms with Crippen molar-refractivity contribution in [3.63, 3.8) is 0 Å². The first kappa shape index (κ1) is 23.8. The van der Waals surface area contributed by atoms with Crippen molar-refractivity contribution in [2.75, 3.05) is 46.4 Å². The molecule has 1 aliphatic rings. The van der Waals surface area contributed by atoms with Crippen LogP contribution in [-0.2, 0) is 21.2 Å². The molecule has 1 fully saturated rings. The third-order valence-electron chi connectivity index (χ3n) is 5.11. The van der Waals surface area contributed by atoms with Gasteiger partial charge in [0.2, 0.25) is 15.9 Å². The number of benzene rings is 2. The van der Waals surface area contributed by atoms with Crippen LogP contribution in [0.15, 0.2) is 47.4 Å². The van der Waals surface area contributed by atoms with Crippen LogP contribution >= 0.6 is 23.2 Å². The normalized spacial score (nSPS) is 15.6. The summed E-state index contributed by atoms with van der Waals surface area (Å²) in [5.74, 6) is 0.713. The topological polar surface area (TPSA) is 79.0 Å². The molecule has 0 radical (unpaired) electrons. The van der Waals surface area contributed by atoms with Gasteiger partial charge in [0.05, 0.1) is 23.7 Å². The molecule has 0 spiro atoms. The van der Waals surface area contributed by atoms with Gasteiger partial charge in [-0.2, -0.15) is 4.31 Å². The zero-order valence-corrected chi connectivity index (χ0v) is 19.5. The average Bonchev–Trinajstić information content (AvgIpc) is 2.74. The van der Waals surface area contributed by atoms with Gasteiger partial charge >= 0.3 is 0 Å². The van der Waals surface area contributed by atoms with E-state index in [4.69, 9.17) is 27.9 Å². The van der Waals surface area contributed by atoms with E-state index in [1.807, 2.05) is 29.2 Å². The maximum Gasteiger partial charge on any atom is 0.246 e. The summed E-state index contributed by atoms with van der Waals surface area (Å²) >= 11 is 12.2. The smallest absolute Gasteiger partial charge is 0.246 e. The molecular formula is C21H25Cl2N3O4S. The van der Waals surface area contributed by atoms with Gasteiger partial charge in [-0.1, -0.05) is 41.4 Å². The van der Waals surface area contributed by atoms with Crippen LogP contribution in [-0.4, -0.2) is 69.9 Å². The molecule has 31 heavy (non-hydrogen) atoms. The van der Waals surface area contributed by atoms with Gasteiger partial charge in [-0.3, -0.25) is 9.69 Å². The molecular weight excluding hydrogens is 461 g/mol. The van der Waals surface area contributed by atoms with E-state index in [9.17, 15) is 13.2 Å². The number of nitrogens with one attached hydrogen (secondary N) is 1. The molecule has 7 nitrogen and oxygen atoms in total. The second kappa shape index (κ2) is 10.7. The van der Waals surface area contributed by atoms with Crippen molar-refractivity contribution >= 4 is 39.1 Å². The number of ether oxygens (including phenoxy) is 1. The Morgan fingerprint density at radius 3 is 2.23 bits per heavy atom. The van der Waals surface area contributed by atoms with Gasteiger partial charge in [0.15, 0.2) is 0 Å². The molecule has 1 heterocycles. The van der Waals surface area contributed by atoms with Gasteiger partial charge in [-0.25, -0.2) is 8.42 Å². The number of amides is 1. The van der Waals surface area contributed by atoms with Crippen molar-refractivity contribution in [2.45, 2.75) is 11.3 Å². The molecule has 10 heteroatoms. The summed E-state index contributed by atoms with van der Waals surface area (Å²) in [6, 6.07) is 12.3. The molecule has 0 unspecified atom stereocenters. The lowest BCUT2D eigenvalue weighted by atomic mass is 10.1. The largest absolute Gasteiger partial charge is 0.497 e. The fourth-order valence-corrected chi connectivity index (χ4v) is 5.90. The second-order valence-corrected chi connectivity index (χ2v) is 9.87. The van der Waals surface area contributed by atoms with Gasteiger partial charge in [-0.05, 0) is 36.2 Å². The molecule has 0 saturated carbocycles. The number of piperazine rings is 1. The number of methoxy groups -OCH3 is 1. The van der Waals surface area contributed by atoms with Crippen LogP contribution in [0.2, 0.25) is 10.0 Å². The molecule has 0 aromatic heterocycles. The fraction of sp³-hybridized carbons (Fsp3) is 0.381. The van der Waals surface area contributed by atoms with Gasteiger partial charge < -0.3 is 10.1 Å². The maximum atomic E-state index is 12.9. The Kier molecular flexibility index (Phi) is 8.18. The number of hydrogen-bond acceptors (Lipinski definition) is 5. The quantitative estimate of drug-likeness (QED) is 0.621. The monoisotopic (exact) mass is 485 g/mol. The summed E-state index contributed by atoms with van der Waals surface area (Å²) in [4.78, 5) is 14.1. The Morgan fingerprint density at radius 2 is 1.65 bits per heavy atom. The molecule has 1 N–H and O–H groups in total. The minimum atomic E-state index is -3.79. The van der Waals surface area contributed by atoms with Crippen molar-refractivity contribution in [3.8, 4) is 5.75 Å². The molecule has 2 aromatic carbocycles. The summed E-state index contributed by atoms with van der Waals surface area (Å²) in [5.41, 5.74) is 1.11. The second-order valence-electron chi connectivity index (χ2n) is 7.18. The van der Waals surface area contributed by atoms with E-state index in [0.29, 0.717) is 19.6 Å². The van der Waals surface area contributed by atoms with E-state index >= 15 is 0 Å². The first-order valence-electron chi connectivity index (χ1n) is 9.87. The van der Waals surface area contributed by atoms with E-state index in [-0.39, 0.29) is 40.5 Å². The highest BCUT2D eigenvalue weighted by Gasteiger charge is 2.32. The Balaban J connectivity index is 1.45. The van der Waals surface area contributed by atoms with Crippen LogP contribution in [0.5, 0.6) is 5.75 Å². The number of carbonyl (C=O) groups is 1. The summed E-state index contributed by atoms with van der Waals surface area (Å²) in [6.45, 7) is 2.19. The highest BCUT2D eigenvalue weighted by Crippen LogP contribution is 2.31. The molecule has 168 valence electrons. The molecule has 2 aromatic rings. The summed E-state index contributed by atoms with van der Waals surface area (Å²) in [6.07, 6.45) is 0.723. The Morgan fingerprint density at radius 1 is 1.03 bits per heavy atom. The minimum Gasteiger partial charge on any atom is -0.497 e. The average molecular weight is 486 g/mol. The van der Waals surface area contributed by atoms with E-state index in [2.05, 4.69) is 5.32 Å². The van der Waals surface area contributed by atoms with Gasteiger partial charge in [0, 0.05) is 32.7 Å². The van der Waals surface area contributed by atoms with Crippen molar-refractivity contribution in [1.29, 1.82) is 0 Å². The molecule has 0 aliphatic carbocycles. The third-order valence-corrected chi connectivity index (χ3v) is 7.96. The summed E-state index contributed by atoms with van der Waals surface area (Å²) in [5, 5.41) is 3.12. The van der Waals surface area contributed by atoms with Crippen LogP contribution in [0.4, 0.5) is 0 Å². The van der Waals surface area contributed by atoms with Crippen LogP contribution < -0.4 is 10.1 Å². The van der Waals surface area contributed by atoms with Crippen LogP contribution in [0, 0.1) is 0 Å². The van der Waals surface area contributed by atoms with Crippen molar-refractivity contribution in [1.82, 2.24) is 14.5 Å². The van der Waals surface area contributed by atoms with E-state index in [0.717, 1.165) is 17.7 Å². The predicted octanol–water partition coefficient (Wildman–Crippen LogP) is 2.67. The van der Waals surface area contributed by atoms with E-state index in [1.54, 1.807) is 13.2 Å². The van der Waals surface area contributed by atoms with E-state index in [1.165, 1.54) is 16.4 Å². The first-order valence-corrected chi connectivity index (χ1v) is 12.1. The van der Waals surface area contributed by atoms with Crippen LogP contribution in [0.25, 0.3) is 0 Å². The lowest BCUT2D eigenvalue weighted by Gasteiger charge is -2.33. The third kappa shape index (κ3) is 6.11. The van der Waals surface area contributed by atoms with Crippen molar-refractivity contribution < 1.29 is 17.9 Å². The van der Waals surface area contributed by atoms with Crippen LogP contribution in [0.1, 0.15) is 5.56 Å². The lowest BCUT2D eigenvalue weighted by Crippen LogP contribution is -2.51. The molecule has 0 atom stereocenters. The number of rotatable bonds is 8. The molecule has 1 aliphatic heterocycles. The highest BCUT2D eigenvalue weighted by atomic mass is 35.5. The molecule has 1 amide bonds. The zero-order chi connectivity index (χ0) is 22.4. The van der Waals surface area contributed by atoms with Gasteiger partial charge in [0.1, 0.15) is 10.6 Å². The summed E-state index contributed by atoms with van der Waals surface area (Å²) < 4.78 is 32.3. The first-order chi connectivity index (χ1) is 14.8. The number of hydrogen-bond donors (Lipinski definition) is 1. The molecule has 0 bridgehead atoms. The number of sulfonamides is 1. The molecule has 1 saturated heterocycles. The molecule has 3 rings (SSSR count). The lowest BCUT2D eigenvalue weighted by molar-refractivity contribution is -0.122. The van der Waals surface area contributed by atoms with Gasteiger partial charge in [-0.15, -0.1) is 0 Å². The SMILES string of the molecule is COc1ccc(CCNC(=O)CN2CCN(S(=O)(=O)c3c(Cl)cccc3Cl)CC2)cc1. The Hall–Kier alpha value is -1.84. The minimum absolute atomic E-state index is 0.0666. The summed E-state index contributed by atoms with van der Waals surface area (Å²) in [7, 11) is -2.17. The van der Waals surface area contributed by atoms with Crippen LogP contribution in [0.3, 0.4) is 0 Å². The maximum absolute atomic E-state index is 12.9. The number of halogens is 2. The highest BCUT2D eigenvalue weighted by molar-refractivity contribution is 7.89.